The molecule has 2 rings (SSSR count). The molecule has 23 heavy (non-hydrogen) atoms. The molecule has 0 bridgehead atoms. The molecule has 0 fully saturated rings. The lowest BCUT2D eigenvalue weighted by atomic mass is 9.94. The Morgan fingerprint density at radius 3 is 2.57 bits per heavy atom. The Balaban J connectivity index is 2.45. The average molecular weight is 336 g/mol. The molecule has 0 saturated heterocycles. The molecule has 1 heterocycles. The van der Waals surface area contributed by atoms with E-state index >= 15 is 0 Å². The summed E-state index contributed by atoms with van der Waals surface area (Å²) in [5.74, 6) is -0.632. The molecule has 4 nitrogen and oxygen atoms in total. The van der Waals surface area contributed by atoms with Gasteiger partial charge >= 0.3 is 0 Å². The van der Waals surface area contributed by atoms with E-state index in [0.717, 1.165) is 0 Å². The molecule has 0 spiro atoms. The second kappa shape index (κ2) is 7.06. The predicted octanol–water partition coefficient (Wildman–Crippen LogP) is 3.73. The number of nitrogens with two attached hydrogens (primary N) is 2. The first-order chi connectivity index (χ1) is 10.8. The molecule has 2 aromatic rings. The normalized spacial score (nSPS) is 12.4. The smallest absolute Gasteiger partial charge is 0.199 e. The van der Waals surface area contributed by atoms with Crippen molar-refractivity contribution in [3.63, 3.8) is 0 Å². The van der Waals surface area contributed by atoms with Crippen molar-refractivity contribution >= 4 is 23.2 Å². The monoisotopic (exact) mass is 335 g/mol. The molecule has 6 heteroatoms. The van der Waals surface area contributed by atoms with Gasteiger partial charge in [-0.1, -0.05) is 31.5 Å². The van der Waals surface area contributed by atoms with E-state index in [4.69, 9.17) is 23.1 Å². The van der Waals surface area contributed by atoms with Crippen molar-refractivity contribution in [2.45, 2.75) is 26.3 Å². The Morgan fingerprint density at radius 2 is 2.00 bits per heavy atom. The van der Waals surface area contributed by atoms with Crippen LogP contribution in [0.4, 0.5) is 10.2 Å². The van der Waals surface area contributed by atoms with E-state index in [0.29, 0.717) is 12.3 Å². The van der Waals surface area contributed by atoms with E-state index in [2.05, 4.69) is 4.98 Å². The number of pyridine rings is 1. The minimum atomic E-state index is -0.674. The summed E-state index contributed by atoms with van der Waals surface area (Å²) >= 11 is 6.04. The highest BCUT2D eigenvalue weighted by molar-refractivity contribution is 6.35. The summed E-state index contributed by atoms with van der Waals surface area (Å²) < 4.78 is 14.8. The summed E-state index contributed by atoms with van der Waals surface area (Å²) in [5, 5.41) is 0.0461. The van der Waals surface area contributed by atoms with Gasteiger partial charge in [0.05, 0.1) is 10.6 Å². The third-order valence-electron chi connectivity index (χ3n) is 3.52. The molecule has 0 unspecified atom stereocenters. The van der Waals surface area contributed by atoms with Gasteiger partial charge < -0.3 is 11.5 Å². The standard InChI is InChI=1S/C17H19ClFN3O/c1-9(2)7-13(20)11-4-5-12(18)15(16(11)19)17(23)10-3-6-14(21)22-8-10/h3-6,8-9,13H,7,20H2,1-2H3,(H2,21,22)/t13-/m1/s1. The number of benzene rings is 1. The topological polar surface area (TPSA) is 82.0 Å². The highest BCUT2D eigenvalue weighted by Crippen LogP contribution is 2.29. The fourth-order valence-electron chi connectivity index (χ4n) is 2.38. The van der Waals surface area contributed by atoms with Crippen LogP contribution in [0.25, 0.3) is 0 Å². The van der Waals surface area contributed by atoms with Gasteiger partial charge in [-0.05, 0) is 30.5 Å². The van der Waals surface area contributed by atoms with E-state index in [1.165, 1.54) is 30.5 Å². The molecule has 0 aliphatic rings. The van der Waals surface area contributed by atoms with Crippen molar-refractivity contribution < 1.29 is 9.18 Å². The van der Waals surface area contributed by atoms with Crippen LogP contribution in [0.1, 0.15) is 47.8 Å². The summed E-state index contributed by atoms with van der Waals surface area (Å²) in [5.41, 5.74) is 11.9. The second-order valence-corrected chi connectivity index (χ2v) is 6.27. The van der Waals surface area contributed by atoms with Gasteiger partial charge in [0.25, 0.3) is 0 Å². The van der Waals surface area contributed by atoms with Crippen molar-refractivity contribution in [2.75, 3.05) is 5.73 Å². The number of anilines is 1. The summed E-state index contributed by atoms with van der Waals surface area (Å²) in [4.78, 5) is 16.4. The number of halogens is 2. The highest BCUT2D eigenvalue weighted by atomic mass is 35.5. The summed E-state index contributed by atoms with van der Waals surface area (Å²) in [7, 11) is 0. The molecular weight excluding hydrogens is 317 g/mol. The highest BCUT2D eigenvalue weighted by Gasteiger charge is 2.23. The van der Waals surface area contributed by atoms with E-state index < -0.39 is 17.6 Å². The maximum Gasteiger partial charge on any atom is 0.199 e. The van der Waals surface area contributed by atoms with Gasteiger partial charge in [-0.3, -0.25) is 4.79 Å². The minimum absolute atomic E-state index is 0.0461. The van der Waals surface area contributed by atoms with Crippen molar-refractivity contribution in [1.82, 2.24) is 4.98 Å². The van der Waals surface area contributed by atoms with E-state index in [1.807, 2.05) is 13.8 Å². The molecule has 0 aliphatic heterocycles. The van der Waals surface area contributed by atoms with E-state index in [9.17, 15) is 9.18 Å². The maximum atomic E-state index is 14.8. The SMILES string of the molecule is CC(C)C[C@@H](N)c1ccc(Cl)c(C(=O)c2ccc(N)nc2)c1F. The molecule has 0 radical (unpaired) electrons. The number of hydrogen-bond acceptors (Lipinski definition) is 4. The first-order valence-corrected chi connectivity index (χ1v) is 7.68. The fraction of sp³-hybridized carbons (Fsp3) is 0.294. The molecule has 1 atom stereocenters. The quantitative estimate of drug-likeness (QED) is 0.815. The van der Waals surface area contributed by atoms with Crippen LogP contribution in [0, 0.1) is 11.7 Å². The third kappa shape index (κ3) is 3.86. The average Bonchev–Trinajstić information content (AvgIpc) is 2.47. The summed E-state index contributed by atoms with van der Waals surface area (Å²) in [6.45, 7) is 4.00. The summed E-state index contributed by atoms with van der Waals surface area (Å²) in [6, 6.07) is 5.50. The number of carbonyl (C=O) groups excluding carboxylic acids is 1. The Morgan fingerprint density at radius 1 is 1.30 bits per heavy atom. The molecule has 1 aromatic heterocycles. The fourth-order valence-corrected chi connectivity index (χ4v) is 2.61. The maximum absolute atomic E-state index is 14.8. The number of carbonyl (C=O) groups is 1. The zero-order valence-electron chi connectivity index (χ0n) is 13.0. The van der Waals surface area contributed by atoms with Gasteiger partial charge in [-0.25, -0.2) is 9.37 Å². The first-order valence-electron chi connectivity index (χ1n) is 7.31. The van der Waals surface area contributed by atoms with Crippen molar-refractivity contribution in [1.29, 1.82) is 0 Å². The predicted molar refractivity (Wildman–Crippen MR) is 89.9 cm³/mol. The number of ketones is 1. The molecule has 4 N–H and O–H groups in total. The van der Waals surface area contributed by atoms with Crippen LogP contribution in [0.15, 0.2) is 30.5 Å². The Hall–Kier alpha value is -1.98. The van der Waals surface area contributed by atoms with Crippen molar-refractivity contribution in [3.05, 3.63) is 58.0 Å². The molecule has 0 aliphatic carbocycles. The van der Waals surface area contributed by atoms with E-state index in [-0.39, 0.29) is 27.5 Å². The molecule has 0 amide bonds. The van der Waals surface area contributed by atoms with Gasteiger partial charge in [0, 0.05) is 23.4 Å². The van der Waals surface area contributed by atoms with Crippen LogP contribution in [0.5, 0.6) is 0 Å². The van der Waals surface area contributed by atoms with Crippen LogP contribution >= 0.6 is 11.6 Å². The second-order valence-electron chi connectivity index (χ2n) is 5.86. The number of aromatic nitrogens is 1. The Kier molecular flexibility index (Phi) is 5.34. The minimum Gasteiger partial charge on any atom is -0.384 e. The largest absolute Gasteiger partial charge is 0.384 e. The number of nitrogens with zero attached hydrogens (tertiary/aromatic N) is 1. The third-order valence-corrected chi connectivity index (χ3v) is 3.84. The number of nitrogen functional groups attached to an aromatic ring is 1. The molecule has 1 aromatic carbocycles. The Labute approximate surface area is 139 Å². The lowest BCUT2D eigenvalue weighted by Crippen LogP contribution is -2.17. The molecule has 122 valence electrons. The van der Waals surface area contributed by atoms with Crippen molar-refractivity contribution in [3.8, 4) is 0 Å². The van der Waals surface area contributed by atoms with Crippen molar-refractivity contribution in [2.24, 2.45) is 11.7 Å². The molecular formula is C17H19ClFN3O. The lowest BCUT2D eigenvalue weighted by Gasteiger charge is -2.17. The van der Waals surface area contributed by atoms with Gasteiger partial charge in [0.15, 0.2) is 5.78 Å². The van der Waals surface area contributed by atoms with Gasteiger partial charge in [-0.15, -0.1) is 0 Å². The van der Waals surface area contributed by atoms with Crippen LogP contribution < -0.4 is 11.5 Å². The molecule has 0 saturated carbocycles. The van der Waals surface area contributed by atoms with Crippen LogP contribution in [-0.4, -0.2) is 10.8 Å². The van der Waals surface area contributed by atoms with Gasteiger partial charge in [-0.2, -0.15) is 0 Å². The zero-order chi connectivity index (χ0) is 17.1. The lowest BCUT2D eigenvalue weighted by molar-refractivity contribution is 0.103. The van der Waals surface area contributed by atoms with Gasteiger partial charge in [0.1, 0.15) is 11.6 Å². The number of rotatable bonds is 5. The zero-order valence-corrected chi connectivity index (χ0v) is 13.8. The van der Waals surface area contributed by atoms with Crippen LogP contribution in [-0.2, 0) is 0 Å². The van der Waals surface area contributed by atoms with E-state index in [1.54, 1.807) is 0 Å². The first kappa shape index (κ1) is 17.4. The van der Waals surface area contributed by atoms with Crippen LogP contribution in [0.2, 0.25) is 5.02 Å². The van der Waals surface area contributed by atoms with Crippen LogP contribution in [0.3, 0.4) is 0 Å². The van der Waals surface area contributed by atoms with Gasteiger partial charge in [0.2, 0.25) is 0 Å². The number of hydrogen-bond donors (Lipinski definition) is 2. The Bertz CT molecular complexity index is 717. The summed E-state index contributed by atoms with van der Waals surface area (Å²) in [6.07, 6.45) is 1.91.